The van der Waals surface area contributed by atoms with Crippen LogP contribution in [0, 0.1) is 0 Å². The lowest BCUT2D eigenvalue weighted by Gasteiger charge is -2.16. The zero-order chi connectivity index (χ0) is 14.3. The van der Waals surface area contributed by atoms with E-state index in [2.05, 4.69) is 16.3 Å². The van der Waals surface area contributed by atoms with Crippen molar-refractivity contribution in [1.29, 1.82) is 0 Å². The molecule has 0 radical (unpaired) electrons. The van der Waals surface area contributed by atoms with Gasteiger partial charge in [-0.05, 0) is 25.2 Å². The van der Waals surface area contributed by atoms with Gasteiger partial charge in [0.1, 0.15) is 6.10 Å². The molecule has 5 nitrogen and oxygen atoms in total. The maximum atomic E-state index is 11.8. The fourth-order valence-electron chi connectivity index (χ4n) is 1.83. The molecule has 0 aliphatic heterocycles. The van der Waals surface area contributed by atoms with Gasteiger partial charge in [0.05, 0.1) is 0 Å². The van der Waals surface area contributed by atoms with Crippen LogP contribution in [-0.2, 0) is 22.6 Å². The van der Waals surface area contributed by atoms with E-state index in [1.165, 1.54) is 12.7 Å². The summed E-state index contributed by atoms with van der Waals surface area (Å²) in [6.45, 7) is 1.51. The lowest BCUT2D eigenvalue weighted by molar-refractivity contribution is -0.130. The third-order valence-corrected chi connectivity index (χ3v) is 2.85. The van der Waals surface area contributed by atoms with Crippen molar-refractivity contribution < 1.29 is 9.53 Å². The van der Waals surface area contributed by atoms with E-state index in [1.807, 2.05) is 32.3 Å². The maximum Gasteiger partial charge on any atom is 0.250 e. The third kappa shape index (κ3) is 4.98. The first kappa shape index (κ1) is 15.6. The summed E-state index contributed by atoms with van der Waals surface area (Å²) in [4.78, 5) is 13.9. The molecule has 1 atom stereocenters. The molecule has 106 valence electrons. The molecule has 19 heavy (non-hydrogen) atoms. The molecule has 0 spiro atoms. The molecule has 5 heteroatoms. The first-order valence-corrected chi connectivity index (χ1v) is 6.30. The van der Waals surface area contributed by atoms with Crippen LogP contribution < -0.4 is 11.1 Å². The standard InChI is InChI=1S/C14H23N3O2/c1-17(2)10-12-7-5-4-6-11(12)9-16-14(18)13(8-15)19-3/h4-7,13H,8-10,15H2,1-3H3,(H,16,18). The van der Waals surface area contributed by atoms with Crippen LogP contribution in [0.5, 0.6) is 0 Å². The fraction of sp³-hybridized carbons (Fsp3) is 0.500. The van der Waals surface area contributed by atoms with Crippen LogP contribution in [0.2, 0.25) is 0 Å². The van der Waals surface area contributed by atoms with Gasteiger partial charge in [-0.1, -0.05) is 24.3 Å². The van der Waals surface area contributed by atoms with Crippen LogP contribution >= 0.6 is 0 Å². The number of ether oxygens (including phenoxy) is 1. The molecule has 0 fully saturated rings. The predicted octanol–water partition coefficient (Wildman–Crippen LogP) is 0.338. The van der Waals surface area contributed by atoms with E-state index < -0.39 is 6.10 Å². The van der Waals surface area contributed by atoms with Gasteiger partial charge in [0.15, 0.2) is 0 Å². The quantitative estimate of drug-likeness (QED) is 0.746. The molecule has 1 aromatic rings. The van der Waals surface area contributed by atoms with Crippen molar-refractivity contribution in [3.63, 3.8) is 0 Å². The highest BCUT2D eigenvalue weighted by atomic mass is 16.5. The number of amides is 1. The number of hydrogen-bond acceptors (Lipinski definition) is 4. The Morgan fingerprint density at radius 2 is 2.00 bits per heavy atom. The van der Waals surface area contributed by atoms with Crippen molar-refractivity contribution in [3.05, 3.63) is 35.4 Å². The summed E-state index contributed by atoms with van der Waals surface area (Å²) in [5.74, 6) is -0.176. The van der Waals surface area contributed by atoms with Gasteiger partial charge < -0.3 is 20.7 Å². The minimum atomic E-state index is -0.582. The third-order valence-electron chi connectivity index (χ3n) is 2.85. The van der Waals surface area contributed by atoms with E-state index >= 15 is 0 Å². The average molecular weight is 265 g/mol. The second-order valence-electron chi connectivity index (χ2n) is 4.68. The summed E-state index contributed by atoms with van der Waals surface area (Å²) in [5, 5.41) is 2.85. The van der Waals surface area contributed by atoms with Gasteiger partial charge in [0.25, 0.3) is 5.91 Å². The largest absolute Gasteiger partial charge is 0.370 e. The highest BCUT2D eigenvalue weighted by molar-refractivity contribution is 5.81. The van der Waals surface area contributed by atoms with E-state index in [-0.39, 0.29) is 12.5 Å². The molecule has 0 bridgehead atoms. The summed E-state index contributed by atoms with van der Waals surface area (Å²) >= 11 is 0. The summed E-state index contributed by atoms with van der Waals surface area (Å²) in [5.41, 5.74) is 7.77. The summed E-state index contributed by atoms with van der Waals surface area (Å²) < 4.78 is 5.00. The Hall–Kier alpha value is -1.43. The average Bonchev–Trinajstić information content (AvgIpc) is 2.38. The van der Waals surface area contributed by atoms with Crippen molar-refractivity contribution in [3.8, 4) is 0 Å². The molecule has 1 unspecified atom stereocenters. The first-order valence-electron chi connectivity index (χ1n) is 6.30. The van der Waals surface area contributed by atoms with E-state index in [0.717, 1.165) is 12.1 Å². The second-order valence-corrected chi connectivity index (χ2v) is 4.68. The maximum absolute atomic E-state index is 11.8. The number of hydrogen-bond donors (Lipinski definition) is 2. The molecular formula is C14H23N3O2. The number of carbonyl (C=O) groups excluding carboxylic acids is 1. The van der Waals surface area contributed by atoms with Gasteiger partial charge in [-0.2, -0.15) is 0 Å². The number of methoxy groups -OCH3 is 1. The number of carbonyl (C=O) groups is 1. The van der Waals surface area contributed by atoms with Gasteiger partial charge >= 0.3 is 0 Å². The molecule has 0 aliphatic carbocycles. The van der Waals surface area contributed by atoms with Gasteiger partial charge in [0, 0.05) is 26.7 Å². The lowest BCUT2D eigenvalue weighted by Crippen LogP contribution is -2.40. The molecule has 1 aromatic carbocycles. The molecule has 0 aliphatic rings. The van der Waals surface area contributed by atoms with E-state index in [4.69, 9.17) is 10.5 Å². The number of nitrogens with two attached hydrogens (primary N) is 1. The monoisotopic (exact) mass is 265 g/mol. The van der Waals surface area contributed by atoms with E-state index in [1.54, 1.807) is 0 Å². The molecule has 1 rings (SSSR count). The van der Waals surface area contributed by atoms with E-state index in [9.17, 15) is 4.79 Å². The Labute approximate surface area is 114 Å². The van der Waals surface area contributed by atoms with Crippen LogP contribution in [0.25, 0.3) is 0 Å². The molecule has 0 saturated heterocycles. The van der Waals surface area contributed by atoms with Crippen molar-refractivity contribution in [2.24, 2.45) is 5.73 Å². The molecular weight excluding hydrogens is 242 g/mol. The normalized spacial score (nSPS) is 12.5. The minimum absolute atomic E-state index is 0.176. The summed E-state index contributed by atoms with van der Waals surface area (Å²) in [7, 11) is 5.52. The topological polar surface area (TPSA) is 67.6 Å². The SMILES string of the molecule is COC(CN)C(=O)NCc1ccccc1CN(C)C. The molecule has 1 amide bonds. The summed E-state index contributed by atoms with van der Waals surface area (Å²) in [6.07, 6.45) is -0.582. The van der Waals surface area contributed by atoms with Crippen molar-refractivity contribution in [2.45, 2.75) is 19.2 Å². The Bertz CT molecular complexity index is 403. The first-order chi connectivity index (χ1) is 9.08. The van der Waals surface area contributed by atoms with Crippen LogP contribution in [0.1, 0.15) is 11.1 Å². The minimum Gasteiger partial charge on any atom is -0.370 e. The number of nitrogens with one attached hydrogen (secondary N) is 1. The van der Waals surface area contributed by atoms with Crippen LogP contribution in [0.3, 0.4) is 0 Å². The van der Waals surface area contributed by atoms with Gasteiger partial charge in [0.2, 0.25) is 0 Å². The fourth-order valence-corrected chi connectivity index (χ4v) is 1.83. The Kier molecular flexibility index (Phi) is 6.49. The zero-order valence-corrected chi connectivity index (χ0v) is 11.8. The van der Waals surface area contributed by atoms with Gasteiger partial charge in [-0.25, -0.2) is 0 Å². The second kappa shape index (κ2) is 7.89. The number of rotatable bonds is 7. The summed E-state index contributed by atoms with van der Waals surface area (Å²) in [6, 6.07) is 8.06. The van der Waals surface area contributed by atoms with Crippen molar-refractivity contribution in [1.82, 2.24) is 10.2 Å². The van der Waals surface area contributed by atoms with Crippen LogP contribution in [0.15, 0.2) is 24.3 Å². The Balaban J connectivity index is 2.64. The number of nitrogens with zero attached hydrogens (tertiary/aromatic N) is 1. The highest BCUT2D eigenvalue weighted by Crippen LogP contribution is 2.10. The van der Waals surface area contributed by atoms with Crippen molar-refractivity contribution >= 4 is 5.91 Å². The molecule has 0 heterocycles. The number of benzene rings is 1. The Morgan fingerprint density at radius 3 is 2.53 bits per heavy atom. The highest BCUT2D eigenvalue weighted by Gasteiger charge is 2.15. The van der Waals surface area contributed by atoms with Crippen molar-refractivity contribution in [2.75, 3.05) is 27.7 Å². The smallest absolute Gasteiger partial charge is 0.250 e. The zero-order valence-electron chi connectivity index (χ0n) is 11.8. The van der Waals surface area contributed by atoms with E-state index in [0.29, 0.717) is 6.54 Å². The van der Waals surface area contributed by atoms with Gasteiger partial charge in [-0.3, -0.25) is 4.79 Å². The Morgan fingerprint density at radius 1 is 1.37 bits per heavy atom. The molecule has 3 N–H and O–H groups in total. The lowest BCUT2D eigenvalue weighted by atomic mass is 10.1. The van der Waals surface area contributed by atoms with Crippen LogP contribution in [0.4, 0.5) is 0 Å². The predicted molar refractivity (Wildman–Crippen MR) is 75.5 cm³/mol. The van der Waals surface area contributed by atoms with Gasteiger partial charge in [-0.15, -0.1) is 0 Å². The molecule has 0 saturated carbocycles. The molecule has 0 aromatic heterocycles. The van der Waals surface area contributed by atoms with Crippen LogP contribution in [-0.4, -0.2) is 44.7 Å².